The van der Waals surface area contributed by atoms with E-state index in [4.69, 9.17) is 0 Å². The zero-order chi connectivity index (χ0) is 23.6. The van der Waals surface area contributed by atoms with Crippen molar-refractivity contribution in [2.75, 3.05) is 10.0 Å². The third-order valence-electron chi connectivity index (χ3n) is 5.13. The summed E-state index contributed by atoms with van der Waals surface area (Å²) in [6.07, 6.45) is 0. The van der Waals surface area contributed by atoms with Crippen molar-refractivity contribution in [2.24, 2.45) is 0 Å². The van der Waals surface area contributed by atoms with Crippen molar-refractivity contribution in [2.45, 2.75) is 25.7 Å². The first-order valence-electron chi connectivity index (χ1n) is 10.2. The van der Waals surface area contributed by atoms with Gasteiger partial charge in [-0.05, 0) is 62.2 Å². The first-order chi connectivity index (χ1) is 15.7. The molecule has 0 saturated carbocycles. The third kappa shape index (κ3) is 4.93. The second-order valence-electron chi connectivity index (χ2n) is 7.68. The second kappa shape index (κ2) is 8.87. The highest BCUT2D eigenvalue weighted by atomic mass is 32.2. The van der Waals surface area contributed by atoms with Crippen LogP contribution in [0.15, 0.2) is 71.6 Å². The summed E-state index contributed by atoms with van der Waals surface area (Å²) < 4.78 is 28.5. The molecule has 1 heterocycles. The number of nitrogens with one attached hydrogen (secondary N) is 3. The fourth-order valence-corrected chi connectivity index (χ4v) is 4.47. The summed E-state index contributed by atoms with van der Waals surface area (Å²) in [5.41, 5.74) is 3.50. The predicted octanol–water partition coefficient (Wildman–Crippen LogP) is 4.45. The molecule has 4 rings (SSSR count). The second-order valence-corrected chi connectivity index (χ2v) is 9.36. The fraction of sp³-hybridized carbons (Fsp3) is 0.125. The van der Waals surface area contributed by atoms with Crippen LogP contribution in [0, 0.1) is 20.8 Å². The van der Waals surface area contributed by atoms with Crippen LogP contribution in [-0.4, -0.2) is 29.5 Å². The highest BCUT2D eigenvalue weighted by molar-refractivity contribution is 7.92. The van der Waals surface area contributed by atoms with Crippen molar-refractivity contribution < 1.29 is 13.2 Å². The number of hydrogen-bond acceptors (Lipinski definition) is 5. The maximum Gasteiger partial charge on any atom is 0.261 e. The smallest absolute Gasteiger partial charge is 0.261 e. The van der Waals surface area contributed by atoms with Crippen molar-refractivity contribution in [3.05, 3.63) is 89.2 Å². The lowest BCUT2D eigenvalue weighted by Gasteiger charge is -2.13. The summed E-state index contributed by atoms with van der Waals surface area (Å²) in [5, 5.41) is 9.76. The van der Waals surface area contributed by atoms with Gasteiger partial charge in [0.2, 0.25) is 0 Å². The lowest BCUT2D eigenvalue weighted by atomic mass is 10.1. The number of carbonyl (C=O) groups excluding carboxylic acids is 1. The topological polar surface area (TPSA) is 117 Å². The number of H-pyrrole nitrogens is 1. The van der Waals surface area contributed by atoms with E-state index in [2.05, 4.69) is 25.2 Å². The van der Waals surface area contributed by atoms with Gasteiger partial charge in [-0.25, -0.2) is 13.4 Å². The van der Waals surface area contributed by atoms with Crippen LogP contribution in [0.2, 0.25) is 0 Å². The Hall–Kier alpha value is -3.98. The van der Waals surface area contributed by atoms with Gasteiger partial charge in [-0.3, -0.25) is 14.6 Å². The molecule has 168 valence electrons. The zero-order valence-corrected chi connectivity index (χ0v) is 19.2. The van der Waals surface area contributed by atoms with Crippen molar-refractivity contribution >= 4 is 27.3 Å². The van der Waals surface area contributed by atoms with Gasteiger partial charge in [0.05, 0.1) is 10.6 Å². The van der Waals surface area contributed by atoms with Crippen molar-refractivity contribution in [1.29, 1.82) is 0 Å². The molecule has 0 spiro atoms. The summed E-state index contributed by atoms with van der Waals surface area (Å²) in [5.74, 6) is 0.798. The Morgan fingerprint density at radius 2 is 1.70 bits per heavy atom. The Labute approximate surface area is 192 Å². The van der Waals surface area contributed by atoms with Crippen molar-refractivity contribution in [1.82, 2.24) is 15.2 Å². The van der Waals surface area contributed by atoms with Crippen LogP contribution >= 0.6 is 0 Å². The number of rotatable bonds is 6. The largest absolute Gasteiger partial charge is 0.322 e. The van der Waals surface area contributed by atoms with E-state index in [0.717, 1.165) is 11.1 Å². The van der Waals surface area contributed by atoms with Gasteiger partial charge in [0.15, 0.2) is 5.82 Å². The van der Waals surface area contributed by atoms with E-state index < -0.39 is 15.9 Å². The molecule has 0 aliphatic rings. The molecule has 0 saturated heterocycles. The molecule has 3 N–H and O–H groups in total. The molecule has 0 unspecified atom stereocenters. The predicted molar refractivity (Wildman–Crippen MR) is 128 cm³/mol. The van der Waals surface area contributed by atoms with Gasteiger partial charge in [-0.1, -0.05) is 36.4 Å². The number of aromatic nitrogens is 3. The fourth-order valence-electron chi connectivity index (χ4n) is 3.31. The standard InChI is InChI=1S/C24H23N5O3S/c1-15-11-12-20(33(31,32)29-22-10-5-4-7-16(22)2)14-21(15)24(30)26-19-9-6-8-18(13-19)23-25-17(3)27-28-23/h4-14,29H,1-3H3,(H,26,30)(H,25,27,28). The van der Waals surface area contributed by atoms with Gasteiger partial charge in [-0.15, -0.1) is 0 Å². The minimum Gasteiger partial charge on any atom is -0.322 e. The molecule has 4 aromatic rings. The Morgan fingerprint density at radius 1 is 0.909 bits per heavy atom. The van der Waals surface area contributed by atoms with E-state index in [1.165, 1.54) is 12.1 Å². The Bertz CT molecular complexity index is 1440. The number of carbonyl (C=O) groups is 1. The zero-order valence-electron chi connectivity index (χ0n) is 18.4. The molecule has 9 heteroatoms. The molecule has 0 bridgehead atoms. The quantitative estimate of drug-likeness (QED) is 0.392. The number of anilines is 2. The van der Waals surface area contributed by atoms with Crippen LogP contribution in [0.3, 0.4) is 0 Å². The average molecular weight is 462 g/mol. The number of hydrogen-bond donors (Lipinski definition) is 3. The number of benzene rings is 3. The SMILES string of the molecule is Cc1nc(-c2cccc(NC(=O)c3cc(S(=O)(=O)Nc4ccccc4C)ccc3C)c2)n[nH]1. The van der Waals surface area contributed by atoms with E-state index in [0.29, 0.717) is 28.6 Å². The Balaban J connectivity index is 1.59. The summed E-state index contributed by atoms with van der Waals surface area (Å²) in [4.78, 5) is 17.3. The van der Waals surface area contributed by atoms with E-state index in [-0.39, 0.29) is 10.5 Å². The number of amides is 1. The van der Waals surface area contributed by atoms with Crippen molar-refractivity contribution in [3.8, 4) is 11.4 Å². The van der Waals surface area contributed by atoms with Gasteiger partial charge in [0.1, 0.15) is 5.82 Å². The first kappa shape index (κ1) is 22.2. The monoisotopic (exact) mass is 461 g/mol. The summed E-state index contributed by atoms with van der Waals surface area (Å²) in [6, 6.07) is 18.7. The number of aryl methyl sites for hydroxylation is 3. The van der Waals surface area contributed by atoms with E-state index in [1.54, 1.807) is 50.2 Å². The highest BCUT2D eigenvalue weighted by Crippen LogP contribution is 2.23. The van der Waals surface area contributed by atoms with Crippen LogP contribution in [0.5, 0.6) is 0 Å². The average Bonchev–Trinajstić information content (AvgIpc) is 3.22. The van der Waals surface area contributed by atoms with Crippen molar-refractivity contribution in [3.63, 3.8) is 0 Å². The molecule has 0 fully saturated rings. The van der Waals surface area contributed by atoms with Crippen LogP contribution in [0.1, 0.15) is 27.3 Å². The van der Waals surface area contributed by atoms with E-state index in [9.17, 15) is 13.2 Å². The van der Waals surface area contributed by atoms with Crippen LogP contribution < -0.4 is 10.0 Å². The van der Waals surface area contributed by atoms with Gasteiger partial charge in [0, 0.05) is 16.8 Å². The lowest BCUT2D eigenvalue weighted by molar-refractivity contribution is 0.102. The Kier molecular flexibility index (Phi) is 5.97. The molecule has 3 aromatic carbocycles. The molecule has 33 heavy (non-hydrogen) atoms. The molecule has 1 aromatic heterocycles. The summed E-state index contributed by atoms with van der Waals surface area (Å²) in [7, 11) is -3.87. The molecule has 0 radical (unpaired) electrons. The summed E-state index contributed by atoms with van der Waals surface area (Å²) >= 11 is 0. The Morgan fingerprint density at radius 3 is 2.42 bits per heavy atom. The minimum atomic E-state index is -3.87. The molecule has 0 aliphatic carbocycles. The lowest BCUT2D eigenvalue weighted by Crippen LogP contribution is -2.17. The maximum absolute atomic E-state index is 13.0. The van der Waals surface area contributed by atoms with E-state index in [1.807, 2.05) is 25.1 Å². The molecule has 1 amide bonds. The molecule has 8 nitrogen and oxygen atoms in total. The molecule has 0 aliphatic heterocycles. The third-order valence-corrected chi connectivity index (χ3v) is 6.49. The highest BCUT2D eigenvalue weighted by Gasteiger charge is 2.19. The van der Waals surface area contributed by atoms with Gasteiger partial charge >= 0.3 is 0 Å². The first-order valence-corrected chi connectivity index (χ1v) is 11.7. The molecule has 0 atom stereocenters. The maximum atomic E-state index is 13.0. The van der Waals surface area contributed by atoms with Gasteiger partial charge < -0.3 is 5.32 Å². The molecular formula is C24H23N5O3S. The number of para-hydroxylation sites is 1. The van der Waals surface area contributed by atoms with Crippen LogP contribution in [0.4, 0.5) is 11.4 Å². The van der Waals surface area contributed by atoms with Gasteiger partial charge in [-0.2, -0.15) is 5.10 Å². The number of nitrogens with zero attached hydrogens (tertiary/aromatic N) is 2. The number of sulfonamides is 1. The van der Waals surface area contributed by atoms with Crippen LogP contribution in [-0.2, 0) is 10.0 Å². The minimum absolute atomic E-state index is 0.00597. The van der Waals surface area contributed by atoms with Gasteiger partial charge in [0.25, 0.3) is 15.9 Å². The van der Waals surface area contributed by atoms with Crippen LogP contribution in [0.25, 0.3) is 11.4 Å². The van der Waals surface area contributed by atoms with E-state index >= 15 is 0 Å². The summed E-state index contributed by atoms with van der Waals surface area (Å²) in [6.45, 7) is 5.38. The normalized spacial score (nSPS) is 11.2. The number of aromatic amines is 1. The molecular weight excluding hydrogens is 438 g/mol.